The summed E-state index contributed by atoms with van der Waals surface area (Å²) in [5.41, 5.74) is 0.983. The lowest BCUT2D eigenvalue weighted by Crippen LogP contribution is -2.07. The second-order valence-corrected chi connectivity index (χ2v) is 5.08. The van der Waals surface area contributed by atoms with Crippen molar-refractivity contribution in [3.63, 3.8) is 0 Å². The maximum absolute atomic E-state index is 13.8. The van der Waals surface area contributed by atoms with Crippen LogP contribution in [-0.4, -0.2) is 21.1 Å². The van der Waals surface area contributed by atoms with Crippen molar-refractivity contribution < 1.29 is 9.18 Å². The van der Waals surface area contributed by atoms with Gasteiger partial charge in [-0.25, -0.2) is 14.1 Å². The predicted octanol–water partition coefficient (Wildman–Crippen LogP) is 3.26. The molecule has 0 bridgehead atoms. The molecule has 20 heavy (non-hydrogen) atoms. The van der Waals surface area contributed by atoms with E-state index in [1.807, 2.05) is 30.3 Å². The van der Waals surface area contributed by atoms with Crippen LogP contribution in [0.2, 0.25) is 0 Å². The summed E-state index contributed by atoms with van der Waals surface area (Å²) in [6.45, 7) is 0. The van der Waals surface area contributed by atoms with Gasteiger partial charge in [0.25, 0.3) is 0 Å². The highest BCUT2D eigenvalue weighted by molar-refractivity contribution is 5.68. The van der Waals surface area contributed by atoms with Crippen molar-refractivity contribution in [1.82, 2.24) is 14.8 Å². The Bertz CT molecular complexity index is 592. The maximum Gasteiger partial charge on any atom is 0.214 e. The Balaban J connectivity index is 0.000000358. The van der Waals surface area contributed by atoms with Crippen LogP contribution in [0.15, 0.2) is 30.3 Å². The summed E-state index contributed by atoms with van der Waals surface area (Å²) in [5.74, 6) is 0.296. The van der Waals surface area contributed by atoms with Gasteiger partial charge in [-0.3, -0.25) is 4.79 Å². The Kier molecular flexibility index (Phi) is 3.58. The molecule has 0 spiro atoms. The number of benzene rings is 1. The number of fused-ring (bicyclic) bond motifs is 1. The van der Waals surface area contributed by atoms with E-state index in [4.69, 9.17) is 0 Å². The number of carbonyl (C=O) groups is 1. The van der Waals surface area contributed by atoms with Crippen molar-refractivity contribution in [3.05, 3.63) is 47.5 Å². The normalized spacial score (nSPS) is 22.6. The van der Waals surface area contributed by atoms with Crippen LogP contribution in [-0.2, 0) is 0 Å². The van der Waals surface area contributed by atoms with Crippen LogP contribution in [0.4, 0.5) is 4.39 Å². The number of carbonyl (C=O) groups excluding carboxylic acids is 1. The lowest BCUT2D eigenvalue weighted by atomic mass is 10.0. The molecule has 0 saturated heterocycles. The Morgan fingerprint density at radius 2 is 1.90 bits per heavy atom. The van der Waals surface area contributed by atoms with Gasteiger partial charge in [0.2, 0.25) is 5.82 Å². The molecular weight excluding hydrogens is 257 g/mol. The highest BCUT2D eigenvalue weighted by atomic mass is 19.1. The second-order valence-electron chi connectivity index (χ2n) is 5.08. The quantitative estimate of drug-likeness (QED) is 0.789. The first kappa shape index (κ1) is 13.0. The Hall–Kier alpha value is -2.04. The number of aldehydes is 1. The minimum absolute atomic E-state index is 0.0447. The highest BCUT2D eigenvalue weighted by Crippen LogP contribution is 2.38. The average Bonchev–Trinajstić information content (AvgIpc) is 3.26. The highest BCUT2D eigenvalue weighted by Gasteiger charge is 2.35. The van der Waals surface area contributed by atoms with E-state index in [1.54, 1.807) is 0 Å². The van der Waals surface area contributed by atoms with Gasteiger partial charge in [0, 0.05) is 6.42 Å². The monoisotopic (exact) mass is 273 g/mol. The van der Waals surface area contributed by atoms with Gasteiger partial charge in [-0.1, -0.05) is 49.6 Å². The molecule has 104 valence electrons. The zero-order chi connectivity index (χ0) is 13.9. The van der Waals surface area contributed by atoms with Crippen LogP contribution in [0.25, 0.3) is 0 Å². The van der Waals surface area contributed by atoms with Crippen molar-refractivity contribution in [2.45, 2.75) is 37.9 Å². The number of nitrogens with zero attached hydrogens (tertiary/aromatic N) is 3. The zero-order valence-corrected chi connectivity index (χ0v) is 11.1. The zero-order valence-electron chi connectivity index (χ0n) is 11.1. The topological polar surface area (TPSA) is 47.8 Å². The fraction of sp³-hybridized carbons (Fsp3) is 0.400. The third kappa shape index (κ3) is 2.61. The van der Waals surface area contributed by atoms with Crippen LogP contribution in [0.5, 0.6) is 0 Å². The van der Waals surface area contributed by atoms with Gasteiger partial charge in [0.1, 0.15) is 0 Å². The van der Waals surface area contributed by atoms with Gasteiger partial charge in [-0.2, -0.15) is 0 Å². The van der Waals surface area contributed by atoms with E-state index in [9.17, 15) is 9.18 Å². The number of halogens is 1. The molecule has 0 amide bonds. The minimum atomic E-state index is -1.15. The Labute approximate surface area is 116 Å². The third-order valence-corrected chi connectivity index (χ3v) is 3.32. The van der Waals surface area contributed by atoms with E-state index < -0.39 is 6.17 Å². The smallest absolute Gasteiger partial charge is 0.214 e. The SMILES string of the molecule is C1CC1.O=Cc1nc2n(n1)C(c1ccccc1)CC2F. The number of hydrogen-bond donors (Lipinski definition) is 0. The first-order valence-corrected chi connectivity index (χ1v) is 6.90. The van der Waals surface area contributed by atoms with Gasteiger partial charge in [-0.15, -0.1) is 5.10 Å². The fourth-order valence-electron chi connectivity index (χ4n) is 2.20. The minimum Gasteiger partial charge on any atom is -0.294 e. The molecule has 4 nitrogen and oxygen atoms in total. The number of aromatic nitrogens is 3. The van der Waals surface area contributed by atoms with E-state index in [0.717, 1.165) is 5.56 Å². The maximum atomic E-state index is 13.8. The van der Waals surface area contributed by atoms with E-state index in [-0.39, 0.29) is 17.7 Å². The summed E-state index contributed by atoms with van der Waals surface area (Å²) < 4.78 is 15.3. The molecule has 1 saturated carbocycles. The van der Waals surface area contributed by atoms with Crippen molar-refractivity contribution >= 4 is 6.29 Å². The molecule has 2 unspecified atom stereocenters. The fourth-order valence-corrected chi connectivity index (χ4v) is 2.20. The predicted molar refractivity (Wildman–Crippen MR) is 72.3 cm³/mol. The van der Waals surface area contributed by atoms with Crippen molar-refractivity contribution in [3.8, 4) is 0 Å². The summed E-state index contributed by atoms with van der Waals surface area (Å²) in [6, 6.07) is 9.40. The second kappa shape index (κ2) is 5.53. The molecule has 2 aliphatic rings. The third-order valence-electron chi connectivity index (χ3n) is 3.32. The molecule has 1 aliphatic carbocycles. The van der Waals surface area contributed by atoms with E-state index in [1.165, 1.54) is 23.9 Å². The molecule has 4 rings (SSSR count). The number of rotatable bonds is 2. The molecular formula is C15H16FN3O. The molecule has 2 heterocycles. The lowest BCUT2D eigenvalue weighted by Gasteiger charge is -2.10. The molecule has 1 fully saturated rings. The van der Waals surface area contributed by atoms with Crippen LogP contribution >= 0.6 is 0 Å². The van der Waals surface area contributed by atoms with Gasteiger partial charge in [0.05, 0.1) is 6.04 Å². The molecule has 2 aromatic rings. The number of alkyl halides is 1. The summed E-state index contributed by atoms with van der Waals surface area (Å²) in [6.07, 6.45) is 4.22. The van der Waals surface area contributed by atoms with Crippen molar-refractivity contribution in [2.75, 3.05) is 0 Å². The van der Waals surface area contributed by atoms with E-state index in [2.05, 4.69) is 10.1 Å². The van der Waals surface area contributed by atoms with Crippen LogP contribution in [0.3, 0.4) is 0 Å². The van der Waals surface area contributed by atoms with Gasteiger partial charge < -0.3 is 0 Å². The van der Waals surface area contributed by atoms with E-state index >= 15 is 0 Å². The molecule has 0 N–H and O–H groups in total. The van der Waals surface area contributed by atoms with Crippen LogP contribution < -0.4 is 0 Å². The standard InChI is InChI=1S/C12H10FN3O.C3H6/c13-9-6-10(8-4-2-1-3-5-8)16-12(9)14-11(7-17)15-16;1-2-3-1/h1-5,7,9-10H,6H2;1-3H2. The Morgan fingerprint density at radius 3 is 2.50 bits per heavy atom. The first-order valence-electron chi connectivity index (χ1n) is 6.90. The van der Waals surface area contributed by atoms with E-state index in [0.29, 0.717) is 12.7 Å². The first-order chi connectivity index (χ1) is 9.79. The molecule has 1 aromatic heterocycles. The van der Waals surface area contributed by atoms with Crippen molar-refractivity contribution in [1.29, 1.82) is 0 Å². The molecule has 0 radical (unpaired) electrons. The summed E-state index contributed by atoms with van der Waals surface area (Å²) in [5, 5.41) is 4.01. The van der Waals surface area contributed by atoms with Crippen LogP contribution in [0, 0.1) is 0 Å². The number of hydrogen-bond acceptors (Lipinski definition) is 3. The van der Waals surface area contributed by atoms with Gasteiger partial charge in [0.15, 0.2) is 18.3 Å². The molecule has 1 aliphatic heterocycles. The summed E-state index contributed by atoms with van der Waals surface area (Å²) in [7, 11) is 0. The Morgan fingerprint density at radius 1 is 1.20 bits per heavy atom. The molecule has 5 heteroatoms. The lowest BCUT2D eigenvalue weighted by molar-refractivity contribution is 0.111. The summed E-state index contributed by atoms with van der Waals surface area (Å²) in [4.78, 5) is 14.5. The van der Waals surface area contributed by atoms with Gasteiger partial charge >= 0.3 is 0 Å². The molecule has 2 atom stereocenters. The summed E-state index contributed by atoms with van der Waals surface area (Å²) >= 11 is 0. The van der Waals surface area contributed by atoms with Crippen LogP contribution in [0.1, 0.15) is 59.9 Å². The average molecular weight is 273 g/mol. The van der Waals surface area contributed by atoms with Gasteiger partial charge in [-0.05, 0) is 5.56 Å². The van der Waals surface area contributed by atoms with Crippen molar-refractivity contribution in [2.24, 2.45) is 0 Å². The largest absolute Gasteiger partial charge is 0.294 e. The molecule has 1 aromatic carbocycles.